The summed E-state index contributed by atoms with van der Waals surface area (Å²) in [6, 6.07) is 4.18. The van der Waals surface area contributed by atoms with Crippen LogP contribution in [0.4, 0.5) is 4.39 Å². The zero-order valence-corrected chi connectivity index (χ0v) is 11.0. The number of halogens is 2. The van der Waals surface area contributed by atoms with Crippen LogP contribution in [-0.4, -0.2) is 16.1 Å². The van der Waals surface area contributed by atoms with E-state index < -0.39 is 11.8 Å². The lowest BCUT2D eigenvalue weighted by Gasteiger charge is -1.99. The van der Waals surface area contributed by atoms with Crippen molar-refractivity contribution in [1.29, 1.82) is 0 Å². The van der Waals surface area contributed by atoms with Gasteiger partial charge in [0.25, 0.3) is 0 Å². The normalized spacial score (nSPS) is 11.0. The van der Waals surface area contributed by atoms with Gasteiger partial charge in [-0.05, 0) is 18.1 Å². The fraction of sp³-hybridized carbons (Fsp3) is 0.231. The molecular weight excluding hydrogens is 273 g/mol. The van der Waals surface area contributed by atoms with Gasteiger partial charge in [0.05, 0.1) is 16.3 Å². The van der Waals surface area contributed by atoms with Crippen molar-refractivity contribution in [2.24, 2.45) is 0 Å². The summed E-state index contributed by atoms with van der Waals surface area (Å²) in [6.07, 6.45) is 0. The van der Waals surface area contributed by atoms with Crippen LogP contribution in [-0.2, 0) is 0 Å². The molecule has 2 aromatic rings. The maximum absolute atomic E-state index is 13.4. The number of hydrogen-bond donors (Lipinski definition) is 1. The Morgan fingerprint density at radius 3 is 2.68 bits per heavy atom. The molecule has 0 fully saturated rings. The number of carboxylic acid groups (broad SMARTS) is 1. The number of carbonyl (C=O) groups is 1. The Kier molecular flexibility index (Phi) is 3.57. The van der Waals surface area contributed by atoms with E-state index in [0.717, 1.165) is 0 Å². The molecule has 1 N–H and O–H groups in total. The molecule has 0 aliphatic rings. The van der Waals surface area contributed by atoms with Gasteiger partial charge in [-0.2, -0.15) is 0 Å². The van der Waals surface area contributed by atoms with Crippen LogP contribution in [0.2, 0.25) is 5.02 Å². The minimum absolute atomic E-state index is 0.00519. The fourth-order valence-corrected chi connectivity index (χ4v) is 1.87. The molecule has 19 heavy (non-hydrogen) atoms. The van der Waals surface area contributed by atoms with Crippen molar-refractivity contribution in [1.82, 2.24) is 4.98 Å². The van der Waals surface area contributed by atoms with Gasteiger partial charge in [0.2, 0.25) is 11.7 Å². The van der Waals surface area contributed by atoms with Crippen LogP contribution in [0.3, 0.4) is 0 Å². The van der Waals surface area contributed by atoms with Gasteiger partial charge in [-0.25, -0.2) is 14.2 Å². The Hall–Kier alpha value is -1.88. The summed E-state index contributed by atoms with van der Waals surface area (Å²) in [5.74, 6) is -2.19. The number of rotatable bonds is 3. The van der Waals surface area contributed by atoms with Crippen molar-refractivity contribution >= 4 is 17.6 Å². The summed E-state index contributed by atoms with van der Waals surface area (Å²) in [5, 5.41) is 8.92. The molecule has 0 radical (unpaired) electrons. The first-order valence-corrected chi connectivity index (χ1v) is 5.98. The van der Waals surface area contributed by atoms with E-state index >= 15 is 0 Å². The molecule has 1 aromatic carbocycles. The summed E-state index contributed by atoms with van der Waals surface area (Å²) < 4.78 is 18.6. The summed E-state index contributed by atoms with van der Waals surface area (Å²) >= 11 is 5.83. The van der Waals surface area contributed by atoms with Crippen LogP contribution in [0.5, 0.6) is 0 Å². The Balaban J connectivity index is 2.61. The number of oxazole rings is 1. The smallest absolute Gasteiger partial charge is 0.373 e. The van der Waals surface area contributed by atoms with E-state index in [1.807, 2.05) is 0 Å². The van der Waals surface area contributed by atoms with E-state index in [4.69, 9.17) is 21.1 Å². The van der Waals surface area contributed by atoms with Crippen molar-refractivity contribution in [3.8, 4) is 11.5 Å². The third-order valence-corrected chi connectivity index (χ3v) is 2.96. The molecule has 0 atom stereocenters. The summed E-state index contributed by atoms with van der Waals surface area (Å²) in [6.45, 7) is 3.59. The third kappa shape index (κ3) is 2.46. The lowest BCUT2D eigenvalue weighted by atomic mass is 10.1. The van der Waals surface area contributed by atoms with Gasteiger partial charge in [-0.1, -0.05) is 31.5 Å². The van der Waals surface area contributed by atoms with Crippen molar-refractivity contribution in [2.45, 2.75) is 19.8 Å². The highest BCUT2D eigenvalue weighted by Gasteiger charge is 2.23. The van der Waals surface area contributed by atoms with Gasteiger partial charge >= 0.3 is 5.97 Å². The topological polar surface area (TPSA) is 63.3 Å². The Bertz CT molecular complexity index is 637. The molecule has 0 saturated carbocycles. The molecule has 2 rings (SSSR count). The number of hydrogen-bond acceptors (Lipinski definition) is 3. The summed E-state index contributed by atoms with van der Waals surface area (Å²) in [5.41, 5.74) is 0.541. The molecule has 100 valence electrons. The highest BCUT2D eigenvalue weighted by atomic mass is 35.5. The predicted octanol–water partition coefficient (Wildman–Crippen LogP) is 3.96. The third-order valence-electron chi connectivity index (χ3n) is 2.58. The quantitative estimate of drug-likeness (QED) is 0.926. The van der Waals surface area contributed by atoms with E-state index in [0.29, 0.717) is 5.69 Å². The molecule has 0 bridgehead atoms. The summed E-state index contributed by atoms with van der Waals surface area (Å²) in [7, 11) is 0. The number of benzene rings is 1. The van der Waals surface area contributed by atoms with E-state index in [2.05, 4.69) is 4.98 Å². The number of nitrogens with zero attached hydrogens (tertiary/aromatic N) is 1. The highest BCUT2D eigenvalue weighted by molar-refractivity contribution is 6.33. The first kappa shape index (κ1) is 13.5. The van der Waals surface area contributed by atoms with E-state index in [1.54, 1.807) is 13.8 Å². The second kappa shape index (κ2) is 5.01. The number of carboxylic acids is 1. The van der Waals surface area contributed by atoms with Crippen molar-refractivity contribution in [2.75, 3.05) is 0 Å². The second-order valence-electron chi connectivity index (χ2n) is 4.29. The molecule has 0 aliphatic carbocycles. The molecule has 4 nitrogen and oxygen atoms in total. The fourth-order valence-electron chi connectivity index (χ4n) is 1.66. The van der Waals surface area contributed by atoms with Crippen LogP contribution in [0.25, 0.3) is 11.5 Å². The zero-order chi connectivity index (χ0) is 14.2. The molecule has 0 spiro atoms. The maximum atomic E-state index is 13.4. The molecular formula is C13H11ClFNO3. The molecule has 0 unspecified atom stereocenters. The van der Waals surface area contributed by atoms with Crippen LogP contribution >= 0.6 is 11.6 Å². The molecule has 0 aliphatic heterocycles. The predicted molar refractivity (Wildman–Crippen MR) is 68.0 cm³/mol. The molecule has 0 saturated heterocycles. The lowest BCUT2D eigenvalue weighted by Crippen LogP contribution is -2.01. The average molecular weight is 284 g/mol. The lowest BCUT2D eigenvalue weighted by molar-refractivity contribution is 0.0661. The monoisotopic (exact) mass is 283 g/mol. The Labute approximate surface area is 113 Å². The average Bonchev–Trinajstić information content (AvgIpc) is 2.77. The molecule has 1 aromatic heterocycles. The van der Waals surface area contributed by atoms with Gasteiger partial charge in [0.1, 0.15) is 5.82 Å². The first-order chi connectivity index (χ1) is 8.91. The van der Waals surface area contributed by atoms with Crippen molar-refractivity contribution in [3.63, 3.8) is 0 Å². The largest absolute Gasteiger partial charge is 0.475 e. The SMILES string of the molecule is CC(C)c1nc(-c2cccc(F)c2Cl)oc1C(=O)O. The maximum Gasteiger partial charge on any atom is 0.373 e. The van der Waals surface area contributed by atoms with Gasteiger partial charge in [0.15, 0.2) is 0 Å². The van der Waals surface area contributed by atoms with Crippen LogP contribution in [0.15, 0.2) is 22.6 Å². The number of aromatic nitrogens is 1. The van der Waals surface area contributed by atoms with E-state index in [1.165, 1.54) is 18.2 Å². The first-order valence-electron chi connectivity index (χ1n) is 5.60. The van der Waals surface area contributed by atoms with Gasteiger partial charge in [-0.15, -0.1) is 0 Å². The van der Waals surface area contributed by atoms with Crippen molar-refractivity contribution < 1.29 is 18.7 Å². The van der Waals surface area contributed by atoms with Crippen LogP contribution in [0, 0.1) is 5.82 Å². The molecule has 6 heteroatoms. The highest BCUT2D eigenvalue weighted by Crippen LogP contribution is 2.32. The van der Waals surface area contributed by atoms with Gasteiger partial charge in [-0.3, -0.25) is 0 Å². The molecule has 0 amide bonds. The Morgan fingerprint density at radius 2 is 2.16 bits per heavy atom. The molecule has 1 heterocycles. The van der Waals surface area contributed by atoms with E-state index in [9.17, 15) is 9.18 Å². The van der Waals surface area contributed by atoms with Crippen LogP contribution in [0.1, 0.15) is 36.0 Å². The Morgan fingerprint density at radius 1 is 1.47 bits per heavy atom. The minimum atomic E-state index is -1.21. The van der Waals surface area contributed by atoms with E-state index in [-0.39, 0.29) is 28.2 Å². The van der Waals surface area contributed by atoms with Gasteiger partial charge < -0.3 is 9.52 Å². The standard InChI is InChI=1S/C13H11ClFNO3/c1-6(2)10-11(13(17)18)19-12(16-10)7-4-3-5-8(15)9(7)14/h3-6H,1-2H3,(H,17,18). The van der Waals surface area contributed by atoms with Crippen molar-refractivity contribution in [3.05, 3.63) is 40.5 Å². The van der Waals surface area contributed by atoms with Gasteiger partial charge in [0, 0.05) is 0 Å². The zero-order valence-electron chi connectivity index (χ0n) is 10.3. The van der Waals surface area contributed by atoms with Crippen LogP contribution < -0.4 is 0 Å². The number of aromatic carboxylic acids is 1. The minimum Gasteiger partial charge on any atom is -0.475 e. The summed E-state index contributed by atoms with van der Waals surface area (Å²) in [4.78, 5) is 15.2. The second-order valence-corrected chi connectivity index (χ2v) is 4.67.